The molecule has 2 aromatic carbocycles. The lowest BCUT2D eigenvalue weighted by molar-refractivity contribution is -0.119. The molecule has 2 amide bonds. The Morgan fingerprint density at radius 3 is 2.63 bits per heavy atom. The number of rotatable bonds is 4. The fourth-order valence-electron chi connectivity index (χ4n) is 3.19. The number of benzene rings is 2. The molecule has 1 fully saturated rings. The van der Waals surface area contributed by atoms with Gasteiger partial charge in [-0.2, -0.15) is 0 Å². The molecule has 154 valence electrons. The highest BCUT2D eigenvalue weighted by Gasteiger charge is 2.40. The van der Waals surface area contributed by atoms with E-state index in [2.05, 4.69) is 10.3 Å². The number of hydrogen-bond acceptors (Lipinski definition) is 6. The molecule has 0 aliphatic carbocycles. The van der Waals surface area contributed by atoms with Crippen molar-refractivity contribution in [1.82, 2.24) is 9.88 Å². The lowest BCUT2D eigenvalue weighted by Gasteiger charge is -2.22. The molecule has 0 saturated carbocycles. The topological polar surface area (TPSA) is 91.8 Å². The molecule has 4 rings (SSSR count). The number of aliphatic hydroxyl groups is 1. The van der Waals surface area contributed by atoms with E-state index in [4.69, 9.17) is 16.3 Å². The van der Waals surface area contributed by atoms with Crippen LogP contribution < -0.4 is 10.1 Å². The number of amides is 2. The van der Waals surface area contributed by atoms with Gasteiger partial charge in [0.05, 0.1) is 18.3 Å². The van der Waals surface area contributed by atoms with Crippen molar-refractivity contribution in [2.75, 3.05) is 11.9 Å². The van der Waals surface area contributed by atoms with Crippen LogP contribution in [0, 0.1) is 0 Å². The molecule has 1 aromatic heterocycles. The number of nitrogens with zero attached hydrogens (tertiary/aromatic N) is 2. The number of aliphatic hydroxyl groups excluding tert-OH is 1. The number of aromatic nitrogens is 1. The largest absolute Gasteiger partial charge is 0.416 e. The Balaban J connectivity index is 1.44. The van der Waals surface area contributed by atoms with Crippen molar-refractivity contribution in [3.63, 3.8) is 0 Å². The summed E-state index contributed by atoms with van der Waals surface area (Å²) in [5.41, 5.74) is 1.58. The number of halogens is 1. The van der Waals surface area contributed by atoms with Gasteiger partial charge in [0.1, 0.15) is 11.8 Å². The molecule has 9 heteroatoms. The standard InChI is InChI=1S/C21H18ClN3O4S/c22-14-8-6-13(7-9-14)17-12-30-20(23-17)24-19(27)18-10-15(26)11-25(18)21(28)29-16-4-2-1-3-5-16/h1-9,12,15,18,26H,10-11H2,(H,23,24,27)/t15-,18+/m1/s1. The average Bonchev–Trinajstić information content (AvgIpc) is 3.36. The lowest BCUT2D eigenvalue weighted by atomic mass is 10.2. The zero-order valence-electron chi connectivity index (χ0n) is 15.7. The van der Waals surface area contributed by atoms with Crippen LogP contribution in [0.1, 0.15) is 6.42 Å². The van der Waals surface area contributed by atoms with E-state index in [1.807, 2.05) is 17.5 Å². The number of anilines is 1. The summed E-state index contributed by atoms with van der Waals surface area (Å²) in [6, 6.07) is 15.0. The third-order valence-electron chi connectivity index (χ3n) is 4.64. The molecule has 0 bridgehead atoms. The van der Waals surface area contributed by atoms with Crippen molar-refractivity contribution < 1.29 is 19.4 Å². The first-order valence-corrected chi connectivity index (χ1v) is 10.5. The first kappa shape index (κ1) is 20.3. The highest BCUT2D eigenvalue weighted by atomic mass is 35.5. The maximum atomic E-state index is 12.8. The quantitative estimate of drug-likeness (QED) is 0.635. The number of likely N-dealkylation sites (tertiary alicyclic amines) is 1. The Morgan fingerprint density at radius 2 is 1.90 bits per heavy atom. The highest BCUT2D eigenvalue weighted by Crippen LogP contribution is 2.27. The number of β-amino-alcohol motifs (C(OH)–C–C–N with tert-alkyl or cyclic N) is 1. The zero-order valence-corrected chi connectivity index (χ0v) is 17.3. The van der Waals surface area contributed by atoms with Crippen molar-refractivity contribution >= 4 is 40.1 Å². The van der Waals surface area contributed by atoms with Crippen molar-refractivity contribution in [3.05, 3.63) is 65.0 Å². The Kier molecular flexibility index (Phi) is 5.98. The maximum absolute atomic E-state index is 12.8. The van der Waals surface area contributed by atoms with E-state index < -0.39 is 24.1 Å². The van der Waals surface area contributed by atoms with Crippen LogP contribution in [0.4, 0.5) is 9.93 Å². The van der Waals surface area contributed by atoms with E-state index in [0.29, 0.717) is 21.6 Å². The first-order valence-electron chi connectivity index (χ1n) is 9.23. The monoisotopic (exact) mass is 443 g/mol. The molecule has 2 atom stereocenters. The lowest BCUT2D eigenvalue weighted by Crippen LogP contribution is -2.44. The number of thiazole rings is 1. The van der Waals surface area contributed by atoms with Crippen LogP contribution in [-0.4, -0.2) is 45.7 Å². The third-order valence-corrected chi connectivity index (χ3v) is 5.65. The van der Waals surface area contributed by atoms with Gasteiger partial charge in [0, 0.05) is 22.4 Å². The van der Waals surface area contributed by atoms with Crippen molar-refractivity contribution in [3.8, 4) is 17.0 Å². The van der Waals surface area contributed by atoms with E-state index >= 15 is 0 Å². The minimum Gasteiger partial charge on any atom is -0.410 e. The van der Waals surface area contributed by atoms with Gasteiger partial charge in [-0.1, -0.05) is 41.9 Å². The van der Waals surface area contributed by atoms with Crippen LogP contribution in [-0.2, 0) is 4.79 Å². The van der Waals surface area contributed by atoms with Crippen LogP contribution in [0.2, 0.25) is 5.02 Å². The van der Waals surface area contributed by atoms with Crippen molar-refractivity contribution in [2.24, 2.45) is 0 Å². The fourth-order valence-corrected chi connectivity index (χ4v) is 4.03. The van der Waals surface area contributed by atoms with Gasteiger partial charge in [0.2, 0.25) is 5.91 Å². The first-order chi connectivity index (χ1) is 14.5. The van der Waals surface area contributed by atoms with Gasteiger partial charge in [-0.3, -0.25) is 9.69 Å². The zero-order chi connectivity index (χ0) is 21.1. The SMILES string of the molecule is O=C(Nc1nc(-c2ccc(Cl)cc2)cs1)[C@@H]1C[C@@H](O)CN1C(=O)Oc1ccccc1. The normalized spacial score (nSPS) is 18.3. The highest BCUT2D eigenvalue weighted by molar-refractivity contribution is 7.14. The number of para-hydroxylation sites is 1. The summed E-state index contributed by atoms with van der Waals surface area (Å²) in [5, 5.41) is 15.6. The van der Waals surface area contributed by atoms with E-state index in [9.17, 15) is 14.7 Å². The predicted molar refractivity (Wildman–Crippen MR) is 115 cm³/mol. The maximum Gasteiger partial charge on any atom is 0.416 e. The smallest absolute Gasteiger partial charge is 0.410 e. The van der Waals surface area contributed by atoms with E-state index in [0.717, 1.165) is 5.56 Å². The van der Waals surface area contributed by atoms with Crippen LogP contribution >= 0.6 is 22.9 Å². The van der Waals surface area contributed by atoms with Crippen LogP contribution in [0.5, 0.6) is 5.75 Å². The molecule has 7 nitrogen and oxygen atoms in total. The molecule has 2 N–H and O–H groups in total. The molecule has 1 aliphatic rings. The van der Waals surface area contributed by atoms with Gasteiger partial charge in [-0.15, -0.1) is 11.3 Å². The third kappa shape index (κ3) is 4.62. The molecule has 30 heavy (non-hydrogen) atoms. The molecule has 1 saturated heterocycles. The minimum absolute atomic E-state index is 0.0254. The molecule has 0 unspecified atom stereocenters. The van der Waals surface area contributed by atoms with Gasteiger partial charge >= 0.3 is 6.09 Å². The summed E-state index contributed by atoms with van der Waals surface area (Å²) in [6.45, 7) is 0.0254. The van der Waals surface area contributed by atoms with Gasteiger partial charge in [0.25, 0.3) is 0 Å². The number of hydrogen-bond donors (Lipinski definition) is 2. The summed E-state index contributed by atoms with van der Waals surface area (Å²) in [6.07, 6.45) is -1.35. The van der Waals surface area contributed by atoms with Crippen LogP contribution in [0.3, 0.4) is 0 Å². The van der Waals surface area contributed by atoms with Gasteiger partial charge in [-0.05, 0) is 24.3 Å². The van der Waals surface area contributed by atoms with Crippen LogP contribution in [0.25, 0.3) is 11.3 Å². The summed E-state index contributed by atoms with van der Waals surface area (Å²) in [4.78, 5) is 31.0. The summed E-state index contributed by atoms with van der Waals surface area (Å²) in [5.74, 6) is -0.0517. The molecule has 3 aromatic rings. The molecule has 1 aliphatic heterocycles. The van der Waals surface area contributed by atoms with Crippen LogP contribution in [0.15, 0.2) is 60.0 Å². The van der Waals surface area contributed by atoms with E-state index in [-0.39, 0.29) is 13.0 Å². The number of nitrogens with one attached hydrogen (secondary N) is 1. The van der Waals surface area contributed by atoms with E-state index in [1.54, 1.807) is 42.5 Å². The predicted octanol–water partition coefficient (Wildman–Crippen LogP) is 4.04. The second-order valence-electron chi connectivity index (χ2n) is 6.77. The number of ether oxygens (including phenoxy) is 1. The molecule has 0 spiro atoms. The Labute approximate surface area is 181 Å². The summed E-state index contributed by atoms with van der Waals surface area (Å²) >= 11 is 7.19. The van der Waals surface area contributed by atoms with Gasteiger partial charge in [-0.25, -0.2) is 9.78 Å². The van der Waals surface area contributed by atoms with E-state index in [1.165, 1.54) is 16.2 Å². The Bertz CT molecular complexity index is 1040. The average molecular weight is 444 g/mol. The van der Waals surface area contributed by atoms with Gasteiger partial charge < -0.3 is 15.2 Å². The number of carbonyl (C=O) groups is 2. The fraction of sp³-hybridized carbons (Fsp3) is 0.190. The summed E-state index contributed by atoms with van der Waals surface area (Å²) in [7, 11) is 0. The molecular formula is C21H18ClN3O4S. The van der Waals surface area contributed by atoms with Gasteiger partial charge in [0.15, 0.2) is 5.13 Å². The molecule has 2 heterocycles. The Hall–Kier alpha value is -2.94. The molecule has 0 radical (unpaired) electrons. The minimum atomic E-state index is -0.848. The second kappa shape index (κ2) is 8.83. The molecular weight excluding hydrogens is 426 g/mol. The summed E-state index contributed by atoms with van der Waals surface area (Å²) < 4.78 is 5.32. The number of carbonyl (C=O) groups excluding carboxylic acids is 2. The Morgan fingerprint density at radius 1 is 1.17 bits per heavy atom. The second-order valence-corrected chi connectivity index (χ2v) is 8.07. The van der Waals surface area contributed by atoms with Crippen molar-refractivity contribution in [1.29, 1.82) is 0 Å². The van der Waals surface area contributed by atoms with Crippen molar-refractivity contribution in [2.45, 2.75) is 18.6 Å².